The smallest absolute Gasteiger partial charge is 0.434 e. The lowest BCUT2D eigenvalue weighted by molar-refractivity contribution is 0.113. The van der Waals surface area contributed by atoms with Crippen LogP contribution in [-0.4, -0.2) is 30.3 Å². The molecule has 3 atom stereocenters. The van der Waals surface area contributed by atoms with Gasteiger partial charge in [-0.25, -0.2) is 22.7 Å². The molecule has 1 aromatic heterocycles. The molecule has 1 unspecified atom stereocenters. The van der Waals surface area contributed by atoms with Crippen molar-refractivity contribution in [2.75, 3.05) is 6.61 Å². The van der Waals surface area contributed by atoms with E-state index in [1.54, 1.807) is 26.0 Å². The fraction of sp³-hybridized carbons (Fsp3) is 0.364. The number of fused-ring (bicyclic) bond motifs is 1. The fourth-order valence-electron chi connectivity index (χ4n) is 4.09. The number of aromatic amines is 1. The Morgan fingerprint density at radius 2 is 2.03 bits per heavy atom. The Labute approximate surface area is 189 Å². The van der Waals surface area contributed by atoms with E-state index < -0.39 is 39.7 Å². The van der Waals surface area contributed by atoms with Gasteiger partial charge in [0.05, 0.1) is 12.7 Å². The molecule has 2 aromatic carbocycles. The molecule has 33 heavy (non-hydrogen) atoms. The number of halogens is 1. The Bertz CT molecular complexity index is 1350. The van der Waals surface area contributed by atoms with Crippen LogP contribution < -0.4 is 15.2 Å². The molecule has 2 heterocycles. The summed E-state index contributed by atoms with van der Waals surface area (Å²) in [6.45, 7) is 5.33. The molecule has 3 aromatic rings. The number of H-pyrrole nitrogens is 1. The van der Waals surface area contributed by atoms with Crippen molar-refractivity contribution in [3.8, 4) is 5.75 Å². The maximum atomic E-state index is 14.8. The van der Waals surface area contributed by atoms with Crippen molar-refractivity contribution in [2.45, 2.75) is 50.2 Å². The average molecular weight is 478 g/mol. The Morgan fingerprint density at radius 1 is 1.27 bits per heavy atom. The monoisotopic (exact) mass is 477 g/mol. The first kappa shape index (κ1) is 23.1. The van der Waals surface area contributed by atoms with Gasteiger partial charge in [-0.3, -0.25) is 0 Å². The number of aromatic nitrogens is 2. The van der Waals surface area contributed by atoms with Crippen LogP contribution in [0.3, 0.4) is 0 Å². The minimum atomic E-state index is -4.28. The number of para-hydroxylation sites is 1. The summed E-state index contributed by atoms with van der Waals surface area (Å²) in [4.78, 5) is 11.4. The van der Waals surface area contributed by atoms with Gasteiger partial charge in [-0.2, -0.15) is 4.72 Å². The zero-order chi connectivity index (χ0) is 23.9. The lowest BCUT2D eigenvalue weighted by Crippen LogP contribution is -2.33. The van der Waals surface area contributed by atoms with Gasteiger partial charge >= 0.3 is 5.76 Å². The molecule has 11 heteroatoms. The Hall–Kier alpha value is -3.02. The van der Waals surface area contributed by atoms with E-state index >= 15 is 0 Å². The first-order chi connectivity index (χ1) is 15.6. The van der Waals surface area contributed by atoms with Gasteiger partial charge < -0.3 is 14.3 Å². The van der Waals surface area contributed by atoms with E-state index in [0.717, 1.165) is 5.56 Å². The van der Waals surface area contributed by atoms with Crippen LogP contribution in [0, 0.1) is 19.7 Å². The van der Waals surface area contributed by atoms with Crippen molar-refractivity contribution < 1.29 is 27.1 Å². The third-order valence-electron chi connectivity index (χ3n) is 5.99. The topological polar surface area (TPSA) is 135 Å². The molecule has 0 bridgehead atoms. The van der Waals surface area contributed by atoms with Gasteiger partial charge in [-0.1, -0.05) is 25.1 Å². The van der Waals surface area contributed by atoms with E-state index in [-0.39, 0.29) is 28.7 Å². The predicted octanol–water partition coefficient (Wildman–Crippen LogP) is 2.76. The number of aryl methyl sites for hydroxylation is 1. The highest BCUT2D eigenvalue weighted by Gasteiger charge is 2.35. The number of benzene rings is 2. The number of aliphatic hydroxyl groups excluding tert-OH is 1. The molecule has 4 rings (SSSR count). The second kappa shape index (κ2) is 8.73. The van der Waals surface area contributed by atoms with Crippen molar-refractivity contribution in [2.24, 2.45) is 0 Å². The van der Waals surface area contributed by atoms with Crippen LogP contribution in [0.5, 0.6) is 5.75 Å². The third kappa shape index (κ3) is 4.31. The van der Waals surface area contributed by atoms with E-state index in [1.165, 1.54) is 18.2 Å². The van der Waals surface area contributed by atoms with Gasteiger partial charge in [0.25, 0.3) is 0 Å². The molecule has 0 amide bonds. The quantitative estimate of drug-likeness (QED) is 0.497. The van der Waals surface area contributed by atoms with E-state index in [2.05, 4.69) is 14.9 Å². The average Bonchev–Trinajstić information content (AvgIpc) is 3.21. The van der Waals surface area contributed by atoms with E-state index in [9.17, 15) is 22.7 Å². The minimum absolute atomic E-state index is 0.0524. The second-order valence-electron chi connectivity index (χ2n) is 8.07. The summed E-state index contributed by atoms with van der Waals surface area (Å²) in [6, 6.07) is 6.17. The molecule has 9 nitrogen and oxygen atoms in total. The Balaban J connectivity index is 1.80. The van der Waals surface area contributed by atoms with Gasteiger partial charge in [0.15, 0.2) is 0 Å². The Kier molecular flexibility index (Phi) is 6.12. The first-order valence-corrected chi connectivity index (χ1v) is 11.9. The van der Waals surface area contributed by atoms with Gasteiger partial charge in [0.2, 0.25) is 15.9 Å². The molecule has 1 aliphatic rings. The summed E-state index contributed by atoms with van der Waals surface area (Å²) in [5, 5.41) is 16.2. The number of sulfonamides is 1. The molecular weight excluding hydrogens is 453 g/mol. The molecule has 1 aliphatic heterocycles. The maximum absolute atomic E-state index is 14.8. The summed E-state index contributed by atoms with van der Waals surface area (Å²) < 4.78 is 54.9. The summed E-state index contributed by atoms with van der Waals surface area (Å²) in [6.07, 6.45) is -0.513. The second-order valence-corrected chi connectivity index (χ2v) is 9.75. The highest BCUT2D eigenvalue weighted by molar-refractivity contribution is 7.89. The molecule has 0 fully saturated rings. The molecule has 0 aliphatic carbocycles. The number of aliphatic hydroxyl groups is 1. The minimum Gasteiger partial charge on any atom is -0.492 e. The standard InChI is InChI=1S/C22H24FN3O6S/c1-11-7-8-15(23)18(12(11)2)13(3)19(21-24-25-22(28)32-21)26-33(29,30)17-6-4-5-14-16(27)9-10-31-20(14)17/h4-8,13,16,19,26-27H,9-10H2,1-3H3,(H,25,28)/t13-,16?,19+/m1/s1. The van der Waals surface area contributed by atoms with E-state index in [0.29, 0.717) is 17.5 Å². The van der Waals surface area contributed by atoms with Crippen molar-refractivity contribution in [3.05, 3.63) is 74.8 Å². The number of nitrogens with zero attached hydrogens (tertiary/aromatic N) is 1. The highest BCUT2D eigenvalue weighted by atomic mass is 32.2. The van der Waals surface area contributed by atoms with Gasteiger partial charge in [-0.05, 0) is 42.7 Å². The predicted molar refractivity (Wildman–Crippen MR) is 116 cm³/mol. The third-order valence-corrected chi connectivity index (χ3v) is 7.45. The SMILES string of the molecule is Cc1ccc(F)c([C@@H](C)[C@H](NS(=O)(=O)c2cccc3c2OCCC3O)c2n[nH]c(=O)o2)c1C. The normalized spacial score (nSPS) is 17.8. The summed E-state index contributed by atoms with van der Waals surface area (Å²) in [5.74, 6) is -2.36. The van der Waals surface area contributed by atoms with E-state index in [4.69, 9.17) is 9.15 Å². The zero-order valence-corrected chi connectivity index (χ0v) is 19.1. The molecule has 0 spiro atoms. The first-order valence-electron chi connectivity index (χ1n) is 10.4. The summed E-state index contributed by atoms with van der Waals surface area (Å²) >= 11 is 0. The van der Waals surface area contributed by atoms with Crippen LogP contribution in [-0.2, 0) is 10.0 Å². The van der Waals surface area contributed by atoms with Crippen molar-refractivity contribution in [1.29, 1.82) is 0 Å². The highest BCUT2D eigenvalue weighted by Crippen LogP contribution is 2.39. The van der Waals surface area contributed by atoms with Crippen LogP contribution in [0.25, 0.3) is 0 Å². The van der Waals surface area contributed by atoms with Crippen LogP contribution in [0.1, 0.15) is 59.6 Å². The van der Waals surface area contributed by atoms with Gasteiger partial charge in [0, 0.05) is 17.9 Å². The van der Waals surface area contributed by atoms with Crippen LogP contribution in [0.15, 0.2) is 44.4 Å². The maximum Gasteiger partial charge on any atom is 0.434 e. The van der Waals surface area contributed by atoms with Gasteiger partial charge in [0.1, 0.15) is 22.5 Å². The molecule has 176 valence electrons. The molecule has 0 saturated heterocycles. The lowest BCUT2D eigenvalue weighted by atomic mass is 9.88. The summed E-state index contributed by atoms with van der Waals surface area (Å²) in [5.41, 5.74) is 2.10. The van der Waals surface area contributed by atoms with Crippen LogP contribution in [0.4, 0.5) is 4.39 Å². The molecule has 0 radical (unpaired) electrons. The van der Waals surface area contributed by atoms with Crippen LogP contribution >= 0.6 is 0 Å². The van der Waals surface area contributed by atoms with Crippen molar-refractivity contribution in [3.63, 3.8) is 0 Å². The molecule has 0 saturated carbocycles. The van der Waals surface area contributed by atoms with Crippen LogP contribution in [0.2, 0.25) is 0 Å². The van der Waals surface area contributed by atoms with E-state index in [1.807, 2.05) is 6.92 Å². The van der Waals surface area contributed by atoms with Crippen molar-refractivity contribution >= 4 is 10.0 Å². The number of rotatable bonds is 6. The van der Waals surface area contributed by atoms with Gasteiger partial charge in [-0.15, -0.1) is 5.10 Å². The molecular formula is C22H24FN3O6S. The number of nitrogens with one attached hydrogen (secondary N) is 2. The number of hydrogen-bond acceptors (Lipinski definition) is 7. The largest absolute Gasteiger partial charge is 0.492 e. The summed E-state index contributed by atoms with van der Waals surface area (Å²) in [7, 11) is -4.28. The zero-order valence-electron chi connectivity index (χ0n) is 18.3. The fourth-order valence-corrected chi connectivity index (χ4v) is 5.54. The number of ether oxygens (including phenoxy) is 1. The number of hydrogen-bond donors (Lipinski definition) is 3. The lowest BCUT2D eigenvalue weighted by Gasteiger charge is -2.27. The Morgan fingerprint density at radius 3 is 2.73 bits per heavy atom. The van der Waals surface area contributed by atoms with Crippen molar-refractivity contribution in [1.82, 2.24) is 14.9 Å². The molecule has 3 N–H and O–H groups in total.